The van der Waals surface area contributed by atoms with Gasteiger partial charge in [0.25, 0.3) is 0 Å². The van der Waals surface area contributed by atoms with Gasteiger partial charge in [-0.25, -0.2) is 0 Å². The van der Waals surface area contributed by atoms with Gasteiger partial charge in [-0.3, -0.25) is 0 Å². The van der Waals surface area contributed by atoms with Gasteiger partial charge in [0.15, 0.2) is 0 Å². The lowest BCUT2D eigenvalue weighted by Gasteiger charge is -2.15. The molecule has 1 nitrogen and oxygen atoms in total. The van der Waals surface area contributed by atoms with Gasteiger partial charge in [-0.1, -0.05) is 32.4 Å². The lowest BCUT2D eigenvalue weighted by atomic mass is 9.95. The predicted molar refractivity (Wildman–Crippen MR) is 89.5 cm³/mol. The minimum Gasteiger partial charge on any atom is -0.380 e. The maximum Gasteiger partial charge on any atom is 0.0568 e. The second-order valence-electron chi connectivity index (χ2n) is 5.50. The molecule has 0 aliphatic heterocycles. The average Bonchev–Trinajstić information content (AvgIpc) is 2.79. The van der Waals surface area contributed by atoms with Gasteiger partial charge in [-0.05, 0) is 51.7 Å². The first-order valence-electron chi connectivity index (χ1n) is 6.14. The van der Waals surface area contributed by atoms with Crippen LogP contribution >= 0.6 is 38.9 Å². The third-order valence-electron chi connectivity index (χ3n) is 2.79. The molecule has 0 saturated heterocycles. The van der Waals surface area contributed by atoms with E-state index in [1.54, 1.807) is 0 Å². The largest absolute Gasteiger partial charge is 0.380 e. The highest BCUT2D eigenvalue weighted by atomic mass is 79.9. The molecule has 0 aliphatic rings. The zero-order valence-corrected chi connectivity index (χ0v) is 14.4. The summed E-state index contributed by atoms with van der Waals surface area (Å²) in [7, 11) is 0. The van der Waals surface area contributed by atoms with Gasteiger partial charge in [-0.15, -0.1) is 11.3 Å². The normalized spacial score (nSPS) is 11.6. The van der Waals surface area contributed by atoms with Crippen molar-refractivity contribution in [3.8, 4) is 0 Å². The molecule has 2 rings (SSSR count). The maximum absolute atomic E-state index is 6.08. The van der Waals surface area contributed by atoms with Crippen LogP contribution in [0.4, 0.5) is 5.69 Å². The molecule has 1 aromatic carbocycles. The molecule has 0 fully saturated rings. The molecule has 1 N–H and O–H groups in total. The van der Waals surface area contributed by atoms with Crippen molar-refractivity contribution in [1.82, 2.24) is 0 Å². The summed E-state index contributed by atoms with van der Waals surface area (Å²) in [6.07, 6.45) is 0. The molecule has 0 spiro atoms. The first-order valence-corrected chi connectivity index (χ1v) is 8.13. The predicted octanol–water partition coefficient (Wildman–Crippen LogP) is 6.07. The van der Waals surface area contributed by atoms with Crippen molar-refractivity contribution in [2.45, 2.75) is 32.7 Å². The monoisotopic (exact) mass is 357 g/mol. The molecule has 0 atom stereocenters. The molecule has 0 saturated carbocycles. The lowest BCUT2D eigenvalue weighted by molar-refractivity contribution is 0.604. The van der Waals surface area contributed by atoms with Gasteiger partial charge in [0, 0.05) is 26.5 Å². The second-order valence-corrected chi connectivity index (χ2v) is 7.93. The Kier molecular flexibility index (Phi) is 4.59. The molecule has 1 heterocycles. The van der Waals surface area contributed by atoms with E-state index < -0.39 is 0 Å². The van der Waals surface area contributed by atoms with Gasteiger partial charge in [0.05, 0.1) is 5.02 Å². The highest BCUT2D eigenvalue weighted by molar-refractivity contribution is 9.10. The number of rotatable bonds is 3. The van der Waals surface area contributed by atoms with E-state index in [2.05, 4.69) is 54.2 Å². The topological polar surface area (TPSA) is 12.0 Å². The van der Waals surface area contributed by atoms with Crippen LogP contribution in [0, 0.1) is 0 Å². The fraction of sp³-hybridized carbons (Fsp3) is 0.333. The summed E-state index contributed by atoms with van der Waals surface area (Å²) in [5.74, 6) is 0. The molecule has 0 unspecified atom stereocenters. The molecule has 0 aliphatic carbocycles. The van der Waals surface area contributed by atoms with Crippen LogP contribution in [0.15, 0.2) is 34.8 Å². The van der Waals surface area contributed by atoms with Crippen molar-refractivity contribution >= 4 is 44.6 Å². The minimum absolute atomic E-state index is 0.226. The third kappa shape index (κ3) is 3.98. The van der Waals surface area contributed by atoms with Crippen LogP contribution in [0.1, 0.15) is 30.5 Å². The van der Waals surface area contributed by atoms with E-state index in [-0.39, 0.29) is 5.41 Å². The Morgan fingerprint density at radius 2 is 1.95 bits per heavy atom. The van der Waals surface area contributed by atoms with E-state index in [1.165, 1.54) is 9.75 Å². The van der Waals surface area contributed by atoms with Crippen molar-refractivity contribution in [2.75, 3.05) is 5.32 Å². The summed E-state index contributed by atoms with van der Waals surface area (Å²) in [6, 6.07) is 10.3. The van der Waals surface area contributed by atoms with E-state index in [0.29, 0.717) is 0 Å². The number of hydrogen-bond donors (Lipinski definition) is 1. The molecule has 19 heavy (non-hydrogen) atoms. The first-order chi connectivity index (χ1) is 8.86. The molecule has 1 aromatic heterocycles. The summed E-state index contributed by atoms with van der Waals surface area (Å²) in [5.41, 5.74) is 1.27. The smallest absolute Gasteiger partial charge is 0.0568 e. The zero-order valence-electron chi connectivity index (χ0n) is 11.3. The second kappa shape index (κ2) is 5.86. The fourth-order valence-corrected chi connectivity index (χ4v) is 3.10. The van der Waals surface area contributed by atoms with Crippen LogP contribution in [0.5, 0.6) is 0 Å². The van der Waals surface area contributed by atoms with Crippen LogP contribution in [0.2, 0.25) is 5.02 Å². The van der Waals surface area contributed by atoms with E-state index in [9.17, 15) is 0 Å². The van der Waals surface area contributed by atoms with Gasteiger partial charge in [-0.2, -0.15) is 0 Å². The fourth-order valence-electron chi connectivity index (χ4n) is 1.67. The maximum atomic E-state index is 6.08. The van der Waals surface area contributed by atoms with Crippen molar-refractivity contribution in [2.24, 2.45) is 0 Å². The lowest BCUT2D eigenvalue weighted by Crippen LogP contribution is -2.07. The van der Waals surface area contributed by atoms with Crippen molar-refractivity contribution < 1.29 is 0 Å². The molecule has 2 aromatic rings. The van der Waals surface area contributed by atoms with Crippen molar-refractivity contribution in [3.05, 3.63) is 49.6 Å². The molecule has 0 bridgehead atoms. The van der Waals surface area contributed by atoms with Gasteiger partial charge in [0.1, 0.15) is 0 Å². The number of nitrogens with one attached hydrogen (secondary N) is 1. The molecule has 102 valence electrons. The summed E-state index contributed by atoms with van der Waals surface area (Å²) in [6.45, 7) is 7.55. The summed E-state index contributed by atoms with van der Waals surface area (Å²) in [5, 5.41) is 4.13. The quantitative estimate of drug-likeness (QED) is 0.701. The van der Waals surface area contributed by atoms with E-state index >= 15 is 0 Å². The zero-order chi connectivity index (χ0) is 14.0. The van der Waals surface area contributed by atoms with Crippen LogP contribution in [-0.2, 0) is 12.0 Å². The standard InChI is InChI=1S/C15H17BrClNS/c1-15(2,3)14-7-5-11(19-14)9-18-10-4-6-12(16)13(17)8-10/h4-8,18H,9H2,1-3H3. The Hall–Kier alpha value is -0.510. The van der Waals surface area contributed by atoms with Crippen LogP contribution in [0.25, 0.3) is 0 Å². The summed E-state index contributed by atoms with van der Waals surface area (Å²) in [4.78, 5) is 2.75. The Morgan fingerprint density at radius 3 is 2.53 bits per heavy atom. The van der Waals surface area contributed by atoms with Crippen LogP contribution < -0.4 is 5.32 Å². The minimum atomic E-state index is 0.226. The van der Waals surface area contributed by atoms with Crippen LogP contribution in [-0.4, -0.2) is 0 Å². The third-order valence-corrected chi connectivity index (χ3v) is 5.53. The van der Waals surface area contributed by atoms with E-state index in [1.807, 2.05) is 29.5 Å². The average molecular weight is 359 g/mol. The Balaban J connectivity index is 2.02. The molecule has 4 heteroatoms. The number of halogens is 2. The van der Waals surface area contributed by atoms with E-state index in [0.717, 1.165) is 21.7 Å². The van der Waals surface area contributed by atoms with Gasteiger partial charge < -0.3 is 5.32 Å². The van der Waals surface area contributed by atoms with Crippen molar-refractivity contribution in [3.63, 3.8) is 0 Å². The highest BCUT2D eigenvalue weighted by Crippen LogP contribution is 2.30. The SMILES string of the molecule is CC(C)(C)c1ccc(CNc2ccc(Br)c(Cl)c2)s1. The molecular weight excluding hydrogens is 342 g/mol. The van der Waals surface area contributed by atoms with E-state index in [4.69, 9.17) is 11.6 Å². The Labute approximate surface area is 132 Å². The molecule has 0 radical (unpaired) electrons. The van der Waals surface area contributed by atoms with Crippen molar-refractivity contribution in [1.29, 1.82) is 0 Å². The number of benzene rings is 1. The summed E-state index contributed by atoms with van der Waals surface area (Å²) < 4.78 is 0.922. The Bertz CT molecular complexity index is 572. The first kappa shape index (κ1) is 14.9. The number of thiophene rings is 1. The van der Waals surface area contributed by atoms with Gasteiger partial charge in [0.2, 0.25) is 0 Å². The summed E-state index contributed by atoms with van der Waals surface area (Å²) >= 11 is 11.3. The highest BCUT2D eigenvalue weighted by Gasteiger charge is 2.15. The van der Waals surface area contributed by atoms with Gasteiger partial charge >= 0.3 is 0 Å². The molecular formula is C15H17BrClNS. The Morgan fingerprint density at radius 1 is 1.21 bits per heavy atom. The number of hydrogen-bond acceptors (Lipinski definition) is 2. The molecule has 0 amide bonds. The number of anilines is 1. The van der Waals surface area contributed by atoms with Crippen LogP contribution in [0.3, 0.4) is 0 Å².